The van der Waals surface area contributed by atoms with Crippen LogP contribution < -0.4 is 30.7 Å². The van der Waals surface area contributed by atoms with Gasteiger partial charge in [-0.25, -0.2) is 0 Å². The first-order valence-electron chi connectivity index (χ1n) is 21.7. The number of pyridine rings is 1. The molecule has 2 aliphatic rings. The molecule has 2 aliphatic heterocycles. The Kier molecular flexibility index (Phi) is 14.9. The van der Waals surface area contributed by atoms with Crippen LogP contribution in [-0.2, 0) is 23.8 Å². The second-order valence-corrected chi connectivity index (χ2v) is 15.9. The van der Waals surface area contributed by atoms with Gasteiger partial charge in [0, 0.05) is 53.2 Å². The van der Waals surface area contributed by atoms with Crippen LogP contribution in [0.5, 0.6) is 17.2 Å². The Balaban J connectivity index is 0.771. The van der Waals surface area contributed by atoms with Gasteiger partial charge in [0.15, 0.2) is 5.43 Å². The molecular formula is C50H45ClN4O13. The SMILES string of the molecule is CCOc1cc2oc(-c3ccc(OCCOCCOCCOCCOc4cccc5c4C(=O)N(C4CCC(=O)NC4=O)C5=O)cc3Cl)cc(=O)c2cc1-c1cc(C(N)=O)cc(-c2cccnc2)c1. The van der Waals surface area contributed by atoms with Gasteiger partial charge in [-0.1, -0.05) is 23.7 Å². The number of benzene rings is 4. The van der Waals surface area contributed by atoms with Gasteiger partial charge in [0.25, 0.3) is 11.8 Å². The van der Waals surface area contributed by atoms with E-state index in [0.29, 0.717) is 65.0 Å². The lowest BCUT2D eigenvalue weighted by Crippen LogP contribution is -2.54. The maximum absolute atomic E-state index is 13.6. The van der Waals surface area contributed by atoms with Crippen molar-refractivity contribution < 1.29 is 56.8 Å². The van der Waals surface area contributed by atoms with Crippen LogP contribution in [0.2, 0.25) is 5.02 Å². The number of imide groups is 2. The van der Waals surface area contributed by atoms with E-state index in [2.05, 4.69) is 10.3 Å². The third-order valence-corrected chi connectivity index (χ3v) is 11.3. The predicted molar refractivity (Wildman–Crippen MR) is 248 cm³/mol. The van der Waals surface area contributed by atoms with Gasteiger partial charge in [-0.2, -0.15) is 0 Å². The molecule has 5 amide bonds. The third-order valence-electron chi connectivity index (χ3n) is 11.0. The van der Waals surface area contributed by atoms with Crippen molar-refractivity contribution in [3.8, 4) is 50.8 Å². The van der Waals surface area contributed by atoms with Crippen LogP contribution in [0.4, 0.5) is 0 Å². The highest BCUT2D eigenvalue weighted by Crippen LogP contribution is 2.39. The Morgan fingerprint density at radius 2 is 1.49 bits per heavy atom. The Bertz CT molecular complexity index is 2960. The fourth-order valence-corrected chi connectivity index (χ4v) is 8.07. The molecule has 2 aromatic heterocycles. The molecular weight excluding hydrogens is 900 g/mol. The molecule has 8 rings (SSSR count). The minimum Gasteiger partial charge on any atom is -0.493 e. The van der Waals surface area contributed by atoms with Crippen LogP contribution >= 0.6 is 11.6 Å². The highest BCUT2D eigenvalue weighted by atomic mass is 35.5. The largest absolute Gasteiger partial charge is 0.493 e. The highest BCUT2D eigenvalue weighted by molar-refractivity contribution is 6.33. The van der Waals surface area contributed by atoms with E-state index in [1.54, 1.807) is 73.1 Å². The number of carbonyl (C=O) groups is 5. The molecule has 1 saturated heterocycles. The number of aromatic nitrogens is 1. The van der Waals surface area contributed by atoms with E-state index in [-0.39, 0.29) is 85.1 Å². The van der Waals surface area contributed by atoms with Gasteiger partial charge in [0.05, 0.1) is 67.8 Å². The summed E-state index contributed by atoms with van der Waals surface area (Å²) < 4.78 is 40.6. The van der Waals surface area contributed by atoms with Crippen molar-refractivity contribution >= 4 is 52.1 Å². The van der Waals surface area contributed by atoms with Crippen molar-refractivity contribution in [2.45, 2.75) is 25.8 Å². The molecule has 1 atom stereocenters. The second-order valence-electron chi connectivity index (χ2n) is 15.5. The number of hydrogen-bond acceptors (Lipinski definition) is 14. The predicted octanol–water partition coefficient (Wildman–Crippen LogP) is 6.25. The smallest absolute Gasteiger partial charge is 0.266 e. The van der Waals surface area contributed by atoms with Gasteiger partial charge < -0.3 is 38.6 Å². The molecule has 17 nitrogen and oxygen atoms in total. The van der Waals surface area contributed by atoms with Crippen LogP contribution in [0.3, 0.4) is 0 Å². The number of nitrogens with one attached hydrogen (secondary N) is 1. The number of nitrogens with two attached hydrogens (primary N) is 1. The average molecular weight is 945 g/mol. The maximum Gasteiger partial charge on any atom is 0.266 e. The van der Waals surface area contributed by atoms with E-state index < -0.39 is 35.6 Å². The number of halogens is 1. The number of hydrogen-bond donors (Lipinski definition) is 2. The van der Waals surface area contributed by atoms with Gasteiger partial charge in [0.1, 0.15) is 47.8 Å². The number of piperidine rings is 1. The molecule has 1 fully saturated rings. The minimum absolute atomic E-state index is 0.0297. The average Bonchev–Trinajstić information content (AvgIpc) is 3.59. The first kappa shape index (κ1) is 47.1. The molecule has 0 radical (unpaired) electrons. The Labute approximate surface area is 394 Å². The normalized spacial score (nSPS) is 14.6. The van der Waals surface area contributed by atoms with Gasteiger partial charge in [-0.3, -0.25) is 44.0 Å². The zero-order valence-electron chi connectivity index (χ0n) is 36.8. The quantitative estimate of drug-likeness (QED) is 0.0601. The lowest BCUT2D eigenvalue weighted by molar-refractivity contribution is -0.136. The summed E-state index contributed by atoms with van der Waals surface area (Å²) in [6, 6.07) is 22.2. The van der Waals surface area contributed by atoms with E-state index in [0.717, 1.165) is 16.0 Å². The van der Waals surface area contributed by atoms with Crippen LogP contribution in [0.15, 0.2) is 107 Å². The molecule has 4 heterocycles. The van der Waals surface area contributed by atoms with Crippen molar-refractivity contribution in [3.63, 3.8) is 0 Å². The molecule has 4 aromatic carbocycles. The zero-order chi connectivity index (χ0) is 47.7. The summed E-state index contributed by atoms with van der Waals surface area (Å²) in [6.45, 7) is 4.16. The van der Waals surface area contributed by atoms with Gasteiger partial charge in [-0.05, 0) is 85.1 Å². The Morgan fingerprint density at radius 1 is 0.750 bits per heavy atom. The summed E-state index contributed by atoms with van der Waals surface area (Å²) in [5.41, 5.74) is 9.36. The van der Waals surface area contributed by atoms with Crippen molar-refractivity contribution in [2.24, 2.45) is 5.73 Å². The summed E-state index contributed by atoms with van der Waals surface area (Å²) in [5.74, 6) is -1.61. The molecule has 0 bridgehead atoms. The second kappa shape index (κ2) is 21.5. The van der Waals surface area contributed by atoms with Crippen molar-refractivity contribution in [1.29, 1.82) is 0 Å². The van der Waals surface area contributed by atoms with E-state index >= 15 is 0 Å². The van der Waals surface area contributed by atoms with Crippen molar-refractivity contribution in [2.75, 3.05) is 59.5 Å². The Morgan fingerprint density at radius 3 is 2.18 bits per heavy atom. The first-order chi connectivity index (χ1) is 33.0. The molecule has 0 aliphatic carbocycles. The van der Waals surface area contributed by atoms with Crippen LogP contribution in [0.1, 0.15) is 50.8 Å². The van der Waals surface area contributed by atoms with Crippen molar-refractivity contribution in [3.05, 3.63) is 129 Å². The molecule has 18 heteroatoms. The van der Waals surface area contributed by atoms with Gasteiger partial charge in [0.2, 0.25) is 17.7 Å². The monoisotopic (exact) mass is 944 g/mol. The molecule has 0 saturated carbocycles. The van der Waals surface area contributed by atoms with Crippen LogP contribution in [-0.4, -0.2) is 105 Å². The topological polar surface area (TPSA) is 225 Å². The number of rotatable bonds is 21. The number of amides is 5. The summed E-state index contributed by atoms with van der Waals surface area (Å²) in [7, 11) is 0. The Hall–Kier alpha value is -7.44. The summed E-state index contributed by atoms with van der Waals surface area (Å²) >= 11 is 6.69. The van der Waals surface area contributed by atoms with E-state index in [4.69, 9.17) is 50.2 Å². The standard InChI is InChI=1S/C50H45ClN4O13/c1-2-65-42-27-44-37(25-36(42)31-21-30(22-32(23-31)47(52)58)29-5-4-12-53-28-29)40(56)26-43(68-44)34-9-8-33(24-38(34)51)66-19-17-63-15-13-62-14-16-64-18-20-67-41-7-3-6-35-46(41)50(61)55(49(35)60)39-10-11-45(57)54-48(39)59/h3-9,12,21-28,39H,2,10-11,13-20H2,1H3,(H2,52,58)(H,54,57,59). The van der Waals surface area contributed by atoms with E-state index in [9.17, 15) is 28.8 Å². The molecule has 68 heavy (non-hydrogen) atoms. The third kappa shape index (κ3) is 10.6. The maximum atomic E-state index is 13.6. The first-order valence-corrected chi connectivity index (χ1v) is 22.1. The summed E-state index contributed by atoms with van der Waals surface area (Å²) in [5, 5.41) is 2.78. The number of fused-ring (bicyclic) bond motifs is 2. The molecule has 6 aromatic rings. The number of nitrogens with zero attached hydrogens (tertiary/aromatic N) is 2. The molecule has 0 spiro atoms. The van der Waals surface area contributed by atoms with Gasteiger partial charge >= 0.3 is 0 Å². The number of carbonyl (C=O) groups excluding carboxylic acids is 5. The van der Waals surface area contributed by atoms with Crippen molar-refractivity contribution in [1.82, 2.24) is 15.2 Å². The fourth-order valence-electron chi connectivity index (χ4n) is 7.80. The van der Waals surface area contributed by atoms with Crippen LogP contribution in [0.25, 0.3) is 44.5 Å². The lowest BCUT2D eigenvalue weighted by Gasteiger charge is -2.27. The summed E-state index contributed by atoms with van der Waals surface area (Å²) in [6.07, 6.45) is 3.43. The van der Waals surface area contributed by atoms with E-state index in [1.807, 2.05) is 19.1 Å². The molecule has 1 unspecified atom stereocenters. The van der Waals surface area contributed by atoms with E-state index in [1.165, 1.54) is 12.1 Å². The molecule has 3 N–H and O–H groups in total. The minimum atomic E-state index is -1.07. The van der Waals surface area contributed by atoms with Gasteiger partial charge in [-0.15, -0.1) is 0 Å². The lowest BCUT2D eigenvalue weighted by atomic mass is 9.95. The zero-order valence-corrected chi connectivity index (χ0v) is 37.5. The molecule has 350 valence electrons. The number of ether oxygens (including phenoxy) is 6. The highest BCUT2D eigenvalue weighted by Gasteiger charge is 2.46. The van der Waals surface area contributed by atoms with Crippen LogP contribution in [0, 0.1) is 0 Å². The fraction of sp³-hybridized carbons (Fsp3) is 0.260. The summed E-state index contributed by atoms with van der Waals surface area (Å²) in [4.78, 5) is 81.3. The number of primary amides is 1.